The Balaban J connectivity index is 1.47. The van der Waals surface area contributed by atoms with Gasteiger partial charge in [0.2, 0.25) is 0 Å². The van der Waals surface area contributed by atoms with Gasteiger partial charge in [-0.25, -0.2) is 4.79 Å². The van der Waals surface area contributed by atoms with Gasteiger partial charge in [0, 0.05) is 31.3 Å². The summed E-state index contributed by atoms with van der Waals surface area (Å²) in [5, 5.41) is 0. The molecule has 4 rings (SSSR count). The highest BCUT2D eigenvalue weighted by molar-refractivity contribution is 5.87. The molecule has 2 saturated heterocycles. The molecule has 2 aliphatic carbocycles. The minimum atomic E-state index is -0.545. The Labute approximate surface area is 161 Å². The van der Waals surface area contributed by atoms with E-state index in [1.165, 1.54) is 12.8 Å². The second-order valence-electron chi connectivity index (χ2n) is 8.53. The van der Waals surface area contributed by atoms with Crippen molar-refractivity contribution in [2.75, 3.05) is 13.2 Å². The molecule has 4 aliphatic rings. The average molecular weight is 380 g/mol. The molecule has 3 atom stereocenters. The third-order valence-corrected chi connectivity index (χ3v) is 6.31. The molecule has 0 bridgehead atoms. The Hall–Kier alpha value is -0.950. The Morgan fingerprint density at radius 2 is 1.33 bits per heavy atom. The first kappa shape index (κ1) is 19.4. The lowest BCUT2D eigenvalue weighted by molar-refractivity contribution is -0.222. The standard InChI is InChI=1S/C21H32O6/c1-15(2)19(22)25-18(16-13-23-20(26-16)9-5-3-6-10-20)17-14-24-21(27-17)11-7-4-8-12-21/h16-18H,1,3-14H2,2H3/t16-,17+,18?. The lowest BCUT2D eigenvalue weighted by Crippen LogP contribution is -2.46. The highest BCUT2D eigenvalue weighted by atomic mass is 16.8. The van der Waals surface area contributed by atoms with Gasteiger partial charge in [0.1, 0.15) is 12.2 Å². The topological polar surface area (TPSA) is 63.2 Å². The molecule has 6 nitrogen and oxygen atoms in total. The minimum Gasteiger partial charge on any atom is -0.453 e. The van der Waals surface area contributed by atoms with Crippen molar-refractivity contribution in [2.24, 2.45) is 0 Å². The monoisotopic (exact) mass is 380 g/mol. The summed E-state index contributed by atoms with van der Waals surface area (Å²) in [7, 11) is 0. The van der Waals surface area contributed by atoms with E-state index in [1.807, 2.05) is 0 Å². The summed E-state index contributed by atoms with van der Waals surface area (Å²) < 4.78 is 30.7. The van der Waals surface area contributed by atoms with Crippen LogP contribution in [-0.2, 0) is 28.5 Å². The second-order valence-corrected chi connectivity index (χ2v) is 8.53. The maximum Gasteiger partial charge on any atom is 0.333 e. The van der Waals surface area contributed by atoms with E-state index in [2.05, 4.69) is 6.58 Å². The zero-order chi connectivity index (χ0) is 18.9. The van der Waals surface area contributed by atoms with E-state index in [-0.39, 0.29) is 12.2 Å². The highest BCUT2D eigenvalue weighted by Crippen LogP contribution is 2.43. The number of ether oxygens (including phenoxy) is 5. The van der Waals surface area contributed by atoms with Gasteiger partial charge in [0.05, 0.1) is 13.2 Å². The van der Waals surface area contributed by atoms with Crippen molar-refractivity contribution in [3.05, 3.63) is 12.2 Å². The van der Waals surface area contributed by atoms with Crippen molar-refractivity contribution in [2.45, 2.75) is 101 Å². The molecular formula is C21H32O6. The number of esters is 1. The van der Waals surface area contributed by atoms with Crippen molar-refractivity contribution >= 4 is 5.97 Å². The van der Waals surface area contributed by atoms with Crippen molar-refractivity contribution in [3.8, 4) is 0 Å². The van der Waals surface area contributed by atoms with Gasteiger partial charge in [-0.15, -0.1) is 0 Å². The van der Waals surface area contributed by atoms with Crippen LogP contribution in [0.3, 0.4) is 0 Å². The lowest BCUT2D eigenvalue weighted by Gasteiger charge is -2.35. The van der Waals surface area contributed by atoms with Gasteiger partial charge in [-0.05, 0) is 32.6 Å². The molecule has 6 heteroatoms. The van der Waals surface area contributed by atoms with E-state index >= 15 is 0 Å². The summed E-state index contributed by atoms with van der Waals surface area (Å²) in [4.78, 5) is 12.3. The molecule has 4 fully saturated rings. The van der Waals surface area contributed by atoms with Crippen molar-refractivity contribution in [1.29, 1.82) is 0 Å². The first-order chi connectivity index (χ1) is 13.0. The van der Waals surface area contributed by atoms with Crippen LogP contribution >= 0.6 is 0 Å². The van der Waals surface area contributed by atoms with E-state index in [9.17, 15) is 4.79 Å². The quantitative estimate of drug-likeness (QED) is 0.548. The maximum atomic E-state index is 12.3. The van der Waals surface area contributed by atoms with E-state index in [0.717, 1.165) is 51.4 Å². The lowest BCUT2D eigenvalue weighted by atomic mass is 9.94. The van der Waals surface area contributed by atoms with Crippen LogP contribution in [0.15, 0.2) is 12.2 Å². The number of hydrogen-bond acceptors (Lipinski definition) is 6. The van der Waals surface area contributed by atoms with Crippen LogP contribution in [0.4, 0.5) is 0 Å². The molecule has 152 valence electrons. The van der Waals surface area contributed by atoms with Gasteiger partial charge in [-0.3, -0.25) is 0 Å². The van der Waals surface area contributed by atoms with Gasteiger partial charge in [-0.2, -0.15) is 0 Å². The van der Waals surface area contributed by atoms with Crippen LogP contribution in [-0.4, -0.2) is 49.1 Å². The van der Waals surface area contributed by atoms with Crippen molar-refractivity contribution in [3.63, 3.8) is 0 Å². The van der Waals surface area contributed by atoms with Crippen LogP contribution in [0.1, 0.15) is 71.1 Å². The van der Waals surface area contributed by atoms with E-state index in [4.69, 9.17) is 23.7 Å². The van der Waals surface area contributed by atoms with Gasteiger partial charge in [0.25, 0.3) is 0 Å². The third kappa shape index (κ3) is 4.09. The third-order valence-electron chi connectivity index (χ3n) is 6.31. The normalized spacial score (nSPS) is 33.2. The molecule has 0 aromatic heterocycles. The van der Waals surface area contributed by atoms with Gasteiger partial charge in [-0.1, -0.05) is 19.4 Å². The second kappa shape index (κ2) is 7.82. The average Bonchev–Trinajstić information content (AvgIpc) is 3.26. The Morgan fingerprint density at radius 3 is 1.74 bits per heavy atom. The first-order valence-electron chi connectivity index (χ1n) is 10.5. The zero-order valence-corrected chi connectivity index (χ0v) is 16.4. The summed E-state index contributed by atoms with van der Waals surface area (Å²) in [5.74, 6) is -1.45. The molecule has 2 aliphatic heterocycles. The molecule has 2 heterocycles. The molecule has 0 aromatic carbocycles. The van der Waals surface area contributed by atoms with Crippen LogP contribution < -0.4 is 0 Å². The summed E-state index contributed by atoms with van der Waals surface area (Å²) in [6.45, 7) is 6.20. The predicted octanol–water partition coefficient (Wildman–Crippen LogP) is 3.63. The molecule has 2 saturated carbocycles. The Kier molecular flexibility index (Phi) is 5.61. The number of hydrogen-bond donors (Lipinski definition) is 0. The molecule has 0 radical (unpaired) electrons. The predicted molar refractivity (Wildman–Crippen MR) is 98.0 cm³/mol. The van der Waals surface area contributed by atoms with Gasteiger partial charge in [0.15, 0.2) is 17.7 Å². The van der Waals surface area contributed by atoms with E-state index < -0.39 is 23.6 Å². The highest BCUT2D eigenvalue weighted by Gasteiger charge is 2.52. The van der Waals surface area contributed by atoms with E-state index in [0.29, 0.717) is 18.8 Å². The number of carbonyl (C=O) groups excluding carboxylic acids is 1. The molecule has 0 aromatic rings. The summed E-state index contributed by atoms with van der Waals surface area (Å²) >= 11 is 0. The maximum absolute atomic E-state index is 12.3. The molecular weight excluding hydrogens is 348 g/mol. The largest absolute Gasteiger partial charge is 0.453 e. The fourth-order valence-electron chi connectivity index (χ4n) is 4.80. The van der Waals surface area contributed by atoms with Crippen LogP contribution in [0.25, 0.3) is 0 Å². The SMILES string of the molecule is C=C(C)C(=O)OC([C@@H]1COC2(CCCCC2)O1)[C@H]1COC2(CCCCC2)O1. The molecule has 0 N–H and O–H groups in total. The first-order valence-corrected chi connectivity index (χ1v) is 10.5. The van der Waals surface area contributed by atoms with Crippen molar-refractivity contribution < 1.29 is 28.5 Å². The fraction of sp³-hybridized carbons (Fsp3) is 0.857. The number of carbonyl (C=O) groups is 1. The van der Waals surface area contributed by atoms with E-state index in [1.54, 1.807) is 6.92 Å². The van der Waals surface area contributed by atoms with Crippen LogP contribution in [0.2, 0.25) is 0 Å². The smallest absolute Gasteiger partial charge is 0.333 e. The molecule has 2 spiro atoms. The Bertz CT molecular complexity index is 525. The fourth-order valence-corrected chi connectivity index (χ4v) is 4.80. The van der Waals surface area contributed by atoms with Gasteiger partial charge >= 0.3 is 5.97 Å². The molecule has 27 heavy (non-hydrogen) atoms. The summed E-state index contributed by atoms with van der Waals surface area (Å²) in [6.07, 6.45) is 9.24. The summed E-state index contributed by atoms with van der Waals surface area (Å²) in [5.41, 5.74) is 0.373. The van der Waals surface area contributed by atoms with Gasteiger partial charge < -0.3 is 23.7 Å². The van der Waals surface area contributed by atoms with Crippen LogP contribution in [0.5, 0.6) is 0 Å². The molecule has 0 amide bonds. The van der Waals surface area contributed by atoms with Crippen LogP contribution in [0, 0.1) is 0 Å². The summed E-state index contributed by atoms with van der Waals surface area (Å²) in [6, 6.07) is 0. The zero-order valence-electron chi connectivity index (χ0n) is 16.4. The van der Waals surface area contributed by atoms with Crippen molar-refractivity contribution in [1.82, 2.24) is 0 Å². The minimum absolute atomic E-state index is 0.334. The number of rotatable bonds is 4. The Morgan fingerprint density at radius 1 is 0.889 bits per heavy atom. The molecule has 1 unspecified atom stereocenters.